The lowest BCUT2D eigenvalue weighted by molar-refractivity contribution is 0.274. The molecule has 1 aromatic carbocycles. The molecule has 0 spiro atoms. The normalized spacial score (nSPS) is 10.5. The lowest BCUT2D eigenvalue weighted by Crippen LogP contribution is -2.12. The molecule has 0 unspecified atom stereocenters. The van der Waals surface area contributed by atoms with Crippen LogP contribution in [-0.2, 0) is 6.61 Å². The third-order valence-corrected chi connectivity index (χ3v) is 1.89. The Hall–Kier alpha value is -1.68. The maximum atomic E-state index is 11.5. The number of benzene rings is 1. The molecule has 0 bridgehead atoms. The SMILES string of the molecule is O=c1c(CO)n[nH]c2ccccc12. The smallest absolute Gasteiger partial charge is 0.213 e. The van der Waals surface area contributed by atoms with Crippen LogP contribution in [0.3, 0.4) is 0 Å². The average Bonchev–Trinajstić information content (AvgIpc) is 2.19. The summed E-state index contributed by atoms with van der Waals surface area (Å²) in [5, 5.41) is 15.8. The Bertz CT molecular complexity index is 490. The summed E-state index contributed by atoms with van der Waals surface area (Å²) in [7, 11) is 0. The molecule has 13 heavy (non-hydrogen) atoms. The Labute approximate surface area is 73.8 Å². The third kappa shape index (κ3) is 1.21. The highest BCUT2D eigenvalue weighted by Crippen LogP contribution is 2.04. The fourth-order valence-corrected chi connectivity index (χ4v) is 1.22. The molecule has 0 amide bonds. The van der Waals surface area contributed by atoms with Crippen molar-refractivity contribution in [1.29, 1.82) is 0 Å². The van der Waals surface area contributed by atoms with Gasteiger partial charge in [0.05, 0.1) is 12.1 Å². The molecule has 2 aromatic rings. The number of aliphatic hydroxyl groups is 1. The summed E-state index contributed by atoms with van der Waals surface area (Å²) in [5.74, 6) is 0. The van der Waals surface area contributed by atoms with Crippen LogP contribution in [0, 0.1) is 0 Å². The van der Waals surface area contributed by atoms with Crippen LogP contribution in [0.4, 0.5) is 0 Å². The lowest BCUT2D eigenvalue weighted by atomic mass is 10.2. The predicted molar refractivity (Wildman–Crippen MR) is 48.3 cm³/mol. The van der Waals surface area contributed by atoms with Crippen LogP contribution in [0.15, 0.2) is 29.1 Å². The van der Waals surface area contributed by atoms with Crippen molar-refractivity contribution >= 4 is 10.9 Å². The molecule has 0 aliphatic rings. The number of H-pyrrole nitrogens is 1. The zero-order chi connectivity index (χ0) is 9.26. The molecule has 1 heterocycles. The van der Waals surface area contributed by atoms with Gasteiger partial charge in [0.2, 0.25) is 5.43 Å². The van der Waals surface area contributed by atoms with Gasteiger partial charge < -0.3 is 5.11 Å². The van der Waals surface area contributed by atoms with Crippen molar-refractivity contribution < 1.29 is 5.11 Å². The average molecular weight is 176 g/mol. The number of aliphatic hydroxyl groups excluding tert-OH is 1. The Kier molecular flexibility index (Phi) is 1.83. The molecule has 4 nitrogen and oxygen atoms in total. The van der Waals surface area contributed by atoms with Crippen LogP contribution in [0.2, 0.25) is 0 Å². The summed E-state index contributed by atoms with van der Waals surface area (Å²) in [5.41, 5.74) is 0.625. The van der Waals surface area contributed by atoms with Gasteiger partial charge >= 0.3 is 0 Å². The first kappa shape index (κ1) is 7.94. The summed E-state index contributed by atoms with van der Waals surface area (Å²) >= 11 is 0. The van der Waals surface area contributed by atoms with Crippen molar-refractivity contribution in [2.24, 2.45) is 0 Å². The van der Waals surface area contributed by atoms with E-state index < -0.39 is 0 Å². The minimum atomic E-state index is -0.333. The first-order valence-electron chi connectivity index (χ1n) is 3.90. The molecular weight excluding hydrogens is 168 g/mol. The molecule has 0 saturated heterocycles. The fourth-order valence-electron chi connectivity index (χ4n) is 1.22. The number of aromatic amines is 1. The van der Waals surface area contributed by atoms with Crippen molar-refractivity contribution in [3.63, 3.8) is 0 Å². The molecule has 66 valence electrons. The second kappa shape index (κ2) is 2.99. The maximum absolute atomic E-state index is 11.5. The van der Waals surface area contributed by atoms with Gasteiger partial charge in [-0.1, -0.05) is 12.1 Å². The van der Waals surface area contributed by atoms with Crippen LogP contribution in [0.25, 0.3) is 10.9 Å². The molecule has 4 heteroatoms. The minimum absolute atomic E-state index is 0.152. The fraction of sp³-hybridized carbons (Fsp3) is 0.111. The number of fused-ring (bicyclic) bond motifs is 1. The predicted octanol–water partition coefficient (Wildman–Crippen LogP) is 0.415. The van der Waals surface area contributed by atoms with E-state index in [0.717, 1.165) is 0 Å². The number of nitrogens with one attached hydrogen (secondary N) is 1. The molecule has 0 radical (unpaired) electrons. The number of aromatic nitrogens is 2. The standard InChI is InChI=1S/C9H8N2O2/c12-5-8-9(13)6-3-1-2-4-7(6)10-11-8/h1-4,12H,5H2,(H,10,13). The Morgan fingerprint density at radius 2 is 2.15 bits per heavy atom. The van der Waals surface area contributed by atoms with E-state index in [1.54, 1.807) is 18.2 Å². The van der Waals surface area contributed by atoms with E-state index in [1.165, 1.54) is 0 Å². The number of rotatable bonds is 1. The van der Waals surface area contributed by atoms with Crippen molar-refractivity contribution in [2.75, 3.05) is 0 Å². The summed E-state index contributed by atoms with van der Waals surface area (Å²) in [6.45, 7) is -0.333. The summed E-state index contributed by atoms with van der Waals surface area (Å²) in [6, 6.07) is 7.07. The zero-order valence-electron chi connectivity index (χ0n) is 6.82. The largest absolute Gasteiger partial charge is 0.390 e. The van der Waals surface area contributed by atoms with Crippen LogP contribution in [-0.4, -0.2) is 15.3 Å². The van der Waals surface area contributed by atoms with Crippen molar-refractivity contribution in [3.05, 3.63) is 40.2 Å². The summed E-state index contributed by atoms with van der Waals surface area (Å²) < 4.78 is 0. The molecule has 1 aromatic heterocycles. The van der Waals surface area contributed by atoms with Crippen molar-refractivity contribution in [2.45, 2.75) is 6.61 Å². The first-order valence-corrected chi connectivity index (χ1v) is 3.90. The van der Waals surface area contributed by atoms with Gasteiger partial charge in [0.25, 0.3) is 0 Å². The Morgan fingerprint density at radius 1 is 1.38 bits per heavy atom. The molecule has 0 saturated carbocycles. The van der Waals surface area contributed by atoms with Crippen LogP contribution >= 0.6 is 0 Å². The second-order valence-electron chi connectivity index (χ2n) is 2.70. The topological polar surface area (TPSA) is 66.0 Å². The monoisotopic (exact) mass is 176 g/mol. The Balaban J connectivity index is 2.87. The van der Waals surface area contributed by atoms with E-state index in [9.17, 15) is 4.79 Å². The quantitative estimate of drug-likeness (QED) is 0.661. The molecule has 2 N–H and O–H groups in total. The lowest BCUT2D eigenvalue weighted by Gasteiger charge is -1.97. The summed E-state index contributed by atoms with van der Waals surface area (Å²) in [4.78, 5) is 11.5. The molecule has 2 rings (SSSR count). The highest BCUT2D eigenvalue weighted by Gasteiger charge is 2.03. The van der Waals surface area contributed by atoms with Gasteiger partial charge in [-0.15, -0.1) is 0 Å². The molecule has 0 atom stereocenters. The molecule has 0 aliphatic heterocycles. The van der Waals surface area contributed by atoms with E-state index in [-0.39, 0.29) is 17.7 Å². The van der Waals surface area contributed by atoms with E-state index in [4.69, 9.17) is 5.11 Å². The highest BCUT2D eigenvalue weighted by atomic mass is 16.3. The van der Waals surface area contributed by atoms with E-state index in [1.807, 2.05) is 6.07 Å². The van der Waals surface area contributed by atoms with E-state index >= 15 is 0 Å². The van der Waals surface area contributed by atoms with E-state index in [0.29, 0.717) is 10.9 Å². The molecule has 0 fully saturated rings. The molecular formula is C9H8N2O2. The number of hydrogen-bond donors (Lipinski definition) is 2. The van der Waals surface area contributed by atoms with Crippen molar-refractivity contribution in [3.8, 4) is 0 Å². The van der Waals surface area contributed by atoms with Gasteiger partial charge in [-0.05, 0) is 12.1 Å². The van der Waals surface area contributed by atoms with Crippen LogP contribution < -0.4 is 5.43 Å². The number of nitrogens with zero attached hydrogens (tertiary/aromatic N) is 1. The van der Waals surface area contributed by atoms with Gasteiger partial charge in [-0.25, -0.2) is 0 Å². The van der Waals surface area contributed by atoms with Gasteiger partial charge in [0.15, 0.2) is 0 Å². The third-order valence-electron chi connectivity index (χ3n) is 1.89. The number of hydrogen-bond acceptors (Lipinski definition) is 3. The highest BCUT2D eigenvalue weighted by molar-refractivity contribution is 5.77. The van der Waals surface area contributed by atoms with Crippen LogP contribution in [0.5, 0.6) is 0 Å². The van der Waals surface area contributed by atoms with E-state index in [2.05, 4.69) is 10.2 Å². The minimum Gasteiger partial charge on any atom is -0.390 e. The van der Waals surface area contributed by atoms with Crippen LogP contribution in [0.1, 0.15) is 5.69 Å². The van der Waals surface area contributed by atoms with Crippen molar-refractivity contribution in [1.82, 2.24) is 10.2 Å². The maximum Gasteiger partial charge on any atom is 0.213 e. The van der Waals surface area contributed by atoms with Gasteiger partial charge in [-0.2, -0.15) is 5.10 Å². The van der Waals surface area contributed by atoms with Gasteiger partial charge in [-0.3, -0.25) is 9.89 Å². The van der Waals surface area contributed by atoms with Gasteiger partial charge in [0, 0.05) is 5.39 Å². The second-order valence-corrected chi connectivity index (χ2v) is 2.70. The molecule has 0 aliphatic carbocycles. The zero-order valence-corrected chi connectivity index (χ0v) is 6.82. The Morgan fingerprint density at radius 3 is 2.92 bits per heavy atom. The first-order chi connectivity index (χ1) is 6.33. The summed E-state index contributed by atoms with van der Waals surface area (Å²) in [6.07, 6.45) is 0. The number of para-hydroxylation sites is 1. The van der Waals surface area contributed by atoms with Gasteiger partial charge in [0.1, 0.15) is 5.69 Å².